The molecule has 1 fully saturated rings. The molecule has 150 valence electrons. The average molecular weight is 447 g/mol. The lowest BCUT2D eigenvalue weighted by Crippen LogP contribution is -2.17. The van der Waals surface area contributed by atoms with E-state index >= 15 is 0 Å². The molecule has 1 aliphatic rings. The molecule has 2 atom stereocenters. The maximum Gasteiger partial charge on any atom is 0.265 e. The van der Waals surface area contributed by atoms with Crippen LogP contribution in [0.25, 0.3) is 0 Å². The minimum atomic E-state index is -0.940. The standard InChI is InChI=1S/C10H13BrN2O2.C7H6F2O.C2H6/c1-5-3-4-7(15-5)9-12-6(2)8(11)10(14)13-9;1-10-6-4-2-3-5(8)7(6)9;1-2/h5,7H,3-4H2,1-2H3,(H,12,13,14);2-4H,1H3;1-2H3. The molecule has 1 saturated heterocycles. The number of aromatic nitrogens is 2. The van der Waals surface area contributed by atoms with Crippen molar-refractivity contribution in [2.24, 2.45) is 0 Å². The third kappa shape index (κ3) is 6.39. The summed E-state index contributed by atoms with van der Waals surface area (Å²) < 4.78 is 35.5. The van der Waals surface area contributed by atoms with Crippen molar-refractivity contribution >= 4 is 15.9 Å². The molecule has 1 N–H and O–H groups in total. The third-order valence-electron chi connectivity index (χ3n) is 3.72. The Bertz CT molecular complexity index is 799. The van der Waals surface area contributed by atoms with Crippen LogP contribution in [0, 0.1) is 18.6 Å². The van der Waals surface area contributed by atoms with Crippen LogP contribution in [0.1, 0.15) is 51.2 Å². The first-order valence-corrected chi connectivity index (χ1v) is 9.52. The van der Waals surface area contributed by atoms with Crippen molar-refractivity contribution in [1.82, 2.24) is 9.97 Å². The summed E-state index contributed by atoms with van der Waals surface area (Å²) in [6.45, 7) is 7.84. The van der Waals surface area contributed by atoms with Gasteiger partial charge in [-0.3, -0.25) is 4.79 Å². The van der Waals surface area contributed by atoms with Crippen molar-refractivity contribution in [3.8, 4) is 5.75 Å². The molecule has 1 aromatic carbocycles. The Morgan fingerprint density at radius 3 is 2.44 bits per heavy atom. The van der Waals surface area contributed by atoms with E-state index in [0.717, 1.165) is 18.9 Å². The van der Waals surface area contributed by atoms with Crippen LogP contribution in [-0.4, -0.2) is 23.2 Å². The van der Waals surface area contributed by atoms with Crippen LogP contribution < -0.4 is 10.3 Å². The van der Waals surface area contributed by atoms with Crippen LogP contribution in [0.4, 0.5) is 8.78 Å². The smallest absolute Gasteiger partial charge is 0.265 e. The minimum absolute atomic E-state index is 0.0560. The van der Waals surface area contributed by atoms with Gasteiger partial charge in [0.05, 0.1) is 18.9 Å². The minimum Gasteiger partial charge on any atom is -0.494 e. The largest absolute Gasteiger partial charge is 0.494 e. The molecular weight excluding hydrogens is 422 g/mol. The van der Waals surface area contributed by atoms with Crippen molar-refractivity contribution in [1.29, 1.82) is 0 Å². The number of nitrogens with one attached hydrogen (secondary N) is 1. The topological polar surface area (TPSA) is 64.2 Å². The molecular formula is C19H25BrF2N2O3. The van der Waals surface area contributed by atoms with Gasteiger partial charge >= 0.3 is 0 Å². The molecule has 27 heavy (non-hydrogen) atoms. The van der Waals surface area contributed by atoms with Gasteiger partial charge in [0.2, 0.25) is 5.82 Å². The number of methoxy groups -OCH3 is 1. The van der Waals surface area contributed by atoms with Gasteiger partial charge in [-0.15, -0.1) is 0 Å². The Balaban J connectivity index is 0.000000265. The summed E-state index contributed by atoms with van der Waals surface area (Å²) in [7, 11) is 1.29. The summed E-state index contributed by atoms with van der Waals surface area (Å²) >= 11 is 3.19. The molecule has 2 unspecified atom stereocenters. The van der Waals surface area contributed by atoms with Gasteiger partial charge in [0.15, 0.2) is 11.6 Å². The van der Waals surface area contributed by atoms with Gasteiger partial charge in [0.25, 0.3) is 5.56 Å². The van der Waals surface area contributed by atoms with Gasteiger partial charge in [-0.2, -0.15) is 4.39 Å². The zero-order chi connectivity index (χ0) is 20.6. The summed E-state index contributed by atoms with van der Waals surface area (Å²) in [6.07, 6.45) is 2.14. The Morgan fingerprint density at radius 2 is 1.96 bits per heavy atom. The number of rotatable bonds is 2. The first-order valence-electron chi connectivity index (χ1n) is 8.73. The molecule has 0 saturated carbocycles. The van der Waals surface area contributed by atoms with Crippen LogP contribution in [-0.2, 0) is 4.74 Å². The second-order valence-corrected chi connectivity index (χ2v) is 6.41. The number of halogens is 3. The third-order valence-corrected chi connectivity index (χ3v) is 4.65. The van der Waals surface area contributed by atoms with E-state index in [9.17, 15) is 13.6 Å². The summed E-state index contributed by atoms with van der Waals surface area (Å²) in [5, 5.41) is 0. The molecule has 3 rings (SSSR count). The number of hydrogen-bond donors (Lipinski definition) is 1. The van der Waals surface area contributed by atoms with E-state index in [1.54, 1.807) is 6.92 Å². The Kier molecular flexibility index (Phi) is 9.59. The highest BCUT2D eigenvalue weighted by molar-refractivity contribution is 9.10. The molecule has 0 bridgehead atoms. The molecule has 2 aromatic rings. The Morgan fingerprint density at radius 1 is 1.30 bits per heavy atom. The quantitative estimate of drug-likeness (QED) is 0.698. The van der Waals surface area contributed by atoms with Gasteiger partial charge in [-0.25, -0.2) is 9.37 Å². The molecule has 8 heteroatoms. The number of hydrogen-bond acceptors (Lipinski definition) is 4. The van der Waals surface area contributed by atoms with Crippen molar-refractivity contribution in [3.05, 3.63) is 56.2 Å². The molecule has 0 amide bonds. The monoisotopic (exact) mass is 446 g/mol. The van der Waals surface area contributed by atoms with Gasteiger partial charge in [0.1, 0.15) is 16.4 Å². The van der Waals surface area contributed by atoms with E-state index in [4.69, 9.17) is 4.74 Å². The van der Waals surface area contributed by atoms with E-state index in [1.165, 1.54) is 19.2 Å². The van der Waals surface area contributed by atoms with Crippen molar-refractivity contribution < 1.29 is 18.3 Å². The molecule has 0 spiro atoms. The highest BCUT2D eigenvalue weighted by Gasteiger charge is 2.25. The molecule has 0 aliphatic carbocycles. The van der Waals surface area contributed by atoms with E-state index in [0.29, 0.717) is 16.0 Å². The zero-order valence-corrected chi connectivity index (χ0v) is 17.7. The van der Waals surface area contributed by atoms with Crippen molar-refractivity contribution in [2.45, 2.75) is 52.7 Å². The van der Waals surface area contributed by atoms with E-state index in [2.05, 4.69) is 30.6 Å². The Labute approximate surface area is 166 Å². The fourth-order valence-electron chi connectivity index (χ4n) is 2.39. The molecule has 0 radical (unpaired) electrons. The number of benzene rings is 1. The SMILES string of the molecule is CC.COc1cccc(F)c1F.Cc1nc(C2CCC(C)O2)[nH]c(=O)c1Br. The van der Waals surface area contributed by atoms with Gasteiger partial charge in [-0.1, -0.05) is 19.9 Å². The fraction of sp³-hybridized carbons (Fsp3) is 0.474. The van der Waals surface area contributed by atoms with Crippen LogP contribution in [0.3, 0.4) is 0 Å². The highest BCUT2D eigenvalue weighted by atomic mass is 79.9. The highest BCUT2D eigenvalue weighted by Crippen LogP contribution is 2.30. The second-order valence-electron chi connectivity index (χ2n) is 5.62. The summed E-state index contributed by atoms with van der Waals surface area (Å²) in [5.41, 5.74) is 0.567. The second kappa shape index (κ2) is 11.1. The first kappa shape index (κ1) is 23.2. The zero-order valence-electron chi connectivity index (χ0n) is 16.1. The van der Waals surface area contributed by atoms with Crippen molar-refractivity contribution in [3.63, 3.8) is 0 Å². The lowest BCUT2D eigenvalue weighted by atomic mass is 10.2. The van der Waals surface area contributed by atoms with Gasteiger partial charge < -0.3 is 14.5 Å². The van der Waals surface area contributed by atoms with Crippen LogP contribution in [0.5, 0.6) is 5.75 Å². The van der Waals surface area contributed by atoms with Crippen LogP contribution >= 0.6 is 15.9 Å². The van der Waals surface area contributed by atoms with Crippen LogP contribution in [0.2, 0.25) is 0 Å². The molecule has 1 aromatic heterocycles. The normalized spacial score (nSPS) is 18.1. The summed E-state index contributed by atoms with van der Waals surface area (Å²) in [6, 6.07) is 3.79. The number of aryl methyl sites for hydroxylation is 1. The lowest BCUT2D eigenvalue weighted by molar-refractivity contribution is 0.0500. The van der Waals surface area contributed by atoms with Gasteiger partial charge in [-0.05, 0) is 54.8 Å². The number of aromatic amines is 1. The number of ether oxygens (including phenoxy) is 2. The molecule has 2 heterocycles. The summed E-state index contributed by atoms with van der Waals surface area (Å²) in [4.78, 5) is 18.6. The fourth-order valence-corrected chi connectivity index (χ4v) is 2.58. The first-order chi connectivity index (χ1) is 12.8. The van der Waals surface area contributed by atoms with E-state index in [1.807, 2.05) is 20.8 Å². The molecule has 5 nitrogen and oxygen atoms in total. The van der Waals surface area contributed by atoms with Gasteiger partial charge in [0, 0.05) is 0 Å². The summed E-state index contributed by atoms with van der Waals surface area (Å²) in [5.74, 6) is -1.26. The molecule has 1 aliphatic heterocycles. The lowest BCUT2D eigenvalue weighted by Gasteiger charge is -2.10. The maximum atomic E-state index is 12.5. The number of H-pyrrole nitrogens is 1. The predicted molar refractivity (Wildman–Crippen MR) is 104 cm³/mol. The Hall–Kier alpha value is -1.80. The van der Waals surface area contributed by atoms with Crippen molar-refractivity contribution in [2.75, 3.05) is 7.11 Å². The van der Waals surface area contributed by atoms with E-state index < -0.39 is 11.6 Å². The van der Waals surface area contributed by atoms with Crippen LogP contribution in [0.15, 0.2) is 27.5 Å². The predicted octanol–water partition coefficient (Wildman–Crippen LogP) is 5.08. The van der Waals surface area contributed by atoms with E-state index in [-0.39, 0.29) is 23.5 Å². The average Bonchev–Trinajstić information content (AvgIpc) is 3.10. The maximum absolute atomic E-state index is 12.5. The number of nitrogens with zero attached hydrogens (tertiary/aromatic N) is 1.